The highest BCUT2D eigenvalue weighted by Gasteiger charge is 2.33. The summed E-state index contributed by atoms with van der Waals surface area (Å²) >= 11 is 0. The molecule has 1 aromatic heterocycles. The fraction of sp³-hybridized carbons (Fsp3) is 0.560. The van der Waals surface area contributed by atoms with Gasteiger partial charge in [-0.1, -0.05) is 18.2 Å². The molecule has 172 valence electrons. The van der Waals surface area contributed by atoms with Crippen LogP contribution in [0.15, 0.2) is 24.3 Å². The minimum atomic E-state index is -0.0404. The van der Waals surface area contributed by atoms with E-state index in [9.17, 15) is 4.79 Å². The van der Waals surface area contributed by atoms with E-state index in [0.717, 1.165) is 74.8 Å². The number of nitrogens with zero attached hydrogens (tertiary/aromatic N) is 4. The van der Waals surface area contributed by atoms with E-state index in [1.54, 1.807) is 14.2 Å². The molecule has 7 nitrogen and oxygen atoms in total. The summed E-state index contributed by atoms with van der Waals surface area (Å²) < 4.78 is 10.6. The maximum Gasteiger partial charge on any atom is 0.225 e. The molecule has 7 heteroatoms. The quantitative estimate of drug-likeness (QED) is 0.629. The molecule has 1 saturated heterocycles. The molecule has 1 atom stereocenters. The first kappa shape index (κ1) is 22.5. The molecule has 32 heavy (non-hydrogen) atoms. The van der Waals surface area contributed by atoms with Crippen LogP contribution in [0.2, 0.25) is 0 Å². The zero-order chi connectivity index (χ0) is 22.5. The highest BCUT2D eigenvalue weighted by Crippen LogP contribution is 2.34. The molecule has 0 saturated carbocycles. The van der Waals surface area contributed by atoms with Crippen molar-refractivity contribution in [3.05, 3.63) is 46.9 Å². The van der Waals surface area contributed by atoms with Crippen LogP contribution in [0.25, 0.3) is 0 Å². The molecule has 1 amide bonds. The number of aryl methyl sites for hydroxylation is 1. The zero-order valence-electron chi connectivity index (χ0n) is 19.5. The highest BCUT2D eigenvalue weighted by molar-refractivity contribution is 5.77. The monoisotopic (exact) mass is 438 g/mol. The Labute approximate surface area is 190 Å². The Morgan fingerprint density at radius 2 is 2.00 bits per heavy atom. The molecule has 0 spiro atoms. The number of rotatable bonds is 8. The summed E-state index contributed by atoms with van der Waals surface area (Å²) in [6.07, 6.45) is 5.31. The number of para-hydroxylation sites is 1. The van der Waals surface area contributed by atoms with Crippen LogP contribution in [0.3, 0.4) is 0 Å². The molecule has 1 aromatic carbocycles. The number of carbonyl (C=O) groups excluding carboxylic acids is 1. The van der Waals surface area contributed by atoms with Gasteiger partial charge in [-0.15, -0.1) is 0 Å². The maximum atomic E-state index is 12.7. The molecular formula is C25H34N4O3. The Morgan fingerprint density at radius 1 is 1.16 bits per heavy atom. The average Bonchev–Trinajstić information content (AvgIpc) is 3.31. The first-order valence-corrected chi connectivity index (χ1v) is 11.6. The van der Waals surface area contributed by atoms with Crippen molar-refractivity contribution in [3.63, 3.8) is 0 Å². The van der Waals surface area contributed by atoms with Gasteiger partial charge in [0.1, 0.15) is 11.6 Å². The van der Waals surface area contributed by atoms with Crippen LogP contribution >= 0.6 is 0 Å². The molecule has 3 heterocycles. The lowest BCUT2D eigenvalue weighted by Crippen LogP contribution is -2.35. The molecular weight excluding hydrogens is 404 g/mol. The summed E-state index contributed by atoms with van der Waals surface area (Å²) in [7, 11) is 3.35. The smallest absolute Gasteiger partial charge is 0.225 e. The minimum Gasteiger partial charge on any atom is -0.496 e. The second kappa shape index (κ2) is 10.3. The van der Waals surface area contributed by atoms with E-state index >= 15 is 0 Å². The van der Waals surface area contributed by atoms with Gasteiger partial charge in [0.25, 0.3) is 0 Å². The molecule has 0 unspecified atom stereocenters. The first-order chi connectivity index (χ1) is 15.6. The van der Waals surface area contributed by atoms with Crippen LogP contribution in [0, 0.1) is 6.92 Å². The van der Waals surface area contributed by atoms with Gasteiger partial charge >= 0.3 is 0 Å². The highest BCUT2D eigenvalue weighted by atomic mass is 16.5. The van der Waals surface area contributed by atoms with E-state index in [-0.39, 0.29) is 11.9 Å². The third kappa shape index (κ3) is 4.72. The molecule has 0 radical (unpaired) electrons. The third-order valence-corrected chi connectivity index (χ3v) is 6.60. The van der Waals surface area contributed by atoms with E-state index in [1.165, 1.54) is 11.1 Å². The van der Waals surface area contributed by atoms with Gasteiger partial charge in [-0.05, 0) is 50.7 Å². The van der Waals surface area contributed by atoms with Crippen molar-refractivity contribution in [3.8, 4) is 5.75 Å². The summed E-state index contributed by atoms with van der Waals surface area (Å²) in [5.41, 5.74) is 3.50. The van der Waals surface area contributed by atoms with Gasteiger partial charge in [-0.25, -0.2) is 9.97 Å². The van der Waals surface area contributed by atoms with Crippen molar-refractivity contribution in [2.45, 2.75) is 51.5 Å². The molecule has 2 aromatic rings. The van der Waals surface area contributed by atoms with Gasteiger partial charge in [0.2, 0.25) is 5.91 Å². The Bertz CT molecular complexity index is 949. The number of anilines is 1. The standard InChI is InChI=1S/C25H34N4O3/c1-18-20-9-6-14-28(16-12-19-8-4-5-11-22(19)32-3)25(20)27-24(26-18)21-10-7-15-29(21)23(30)13-17-31-2/h4-5,8,11,21H,6-7,9-10,12-17H2,1-3H3/t21-/m0/s1. The third-order valence-electron chi connectivity index (χ3n) is 6.60. The molecule has 2 aliphatic heterocycles. The van der Waals surface area contributed by atoms with Gasteiger partial charge in [0.05, 0.1) is 26.2 Å². The van der Waals surface area contributed by atoms with Crippen LogP contribution in [-0.4, -0.2) is 61.2 Å². The predicted molar refractivity (Wildman–Crippen MR) is 124 cm³/mol. The number of hydrogen-bond donors (Lipinski definition) is 0. The Morgan fingerprint density at radius 3 is 2.81 bits per heavy atom. The van der Waals surface area contributed by atoms with Crippen molar-refractivity contribution < 1.29 is 14.3 Å². The number of likely N-dealkylation sites (tertiary alicyclic amines) is 1. The number of methoxy groups -OCH3 is 2. The largest absolute Gasteiger partial charge is 0.496 e. The topological polar surface area (TPSA) is 67.8 Å². The number of hydrogen-bond acceptors (Lipinski definition) is 6. The lowest BCUT2D eigenvalue weighted by Gasteiger charge is -2.32. The summed E-state index contributed by atoms with van der Waals surface area (Å²) in [5.74, 6) is 2.89. The van der Waals surface area contributed by atoms with E-state index in [2.05, 4.69) is 24.0 Å². The van der Waals surface area contributed by atoms with Crippen molar-refractivity contribution in [2.75, 3.05) is 45.4 Å². The normalized spacial score (nSPS) is 18.0. The minimum absolute atomic E-state index is 0.0404. The van der Waals surface area contributed by atoms with Crippen molar-refractivity contribution in [1.82, 2.24) is 14.9 Å². The molecule has 0 bridgehead atoms. The van der Waals surface area contributed by atoms with Crippen molar-refractivity contribution in [1.29, 1.82) is 0 Å². The number of benzene rings is 1. The van der Waals surface area contributed by atoms with E-state index in [1.807, 2.05) is 17.0 Å². The first-order valence-electron chi connectivity index (χ1n) is 11.6. The van der Waals surface area contributed by atoms with Gasteiger partial charge in [-0.3, -0.25) is 4.79 Å². The molecule has 0 aliphatic carbocycles. The van der Waals surface area contributed by atoms with E-state index < -0.39 is 0 Å². The summed E-state index contributed by atoms with van der Waals surface area (Å²) in [5, 5.41) is 0. The van der Waals surface area contributed by atoms with Crippen LogP contribution in [0.5, 0.6) is 5.75 Å². The van der Waals surface area contributed by atoms with Gasteiger partial charge in [-0.2, -0.15) is 0 Å². The summed E-state index contributed by atoms with van der Waals surface area (Å²) in [6.45, 7) is 5.16. The number of fused-ring (bicyclic) bond motifs is 1. The SMILES string of the molecule is COCCC(=O)N1CCC[C@H]1c1nc(C)c2c(n1)N(CCc1ccccc1OC)CCC2. The van der Waals surface area contributed by atoms with Crippen LogP contribution < -0.4 is 9.64 Å². The number of amides is 1. The number of carbonyl (C=O) groups is 1. The Hall–Kier alpha value is -2.67. The lowest BCUT2D eigenvalue weighted by atomic mass is 10.0. The molecule has 4 rings (SSSR count). The fourth-order valence-corrected chi connectivity index (χ4v) is 4.91. The lowest BCUT2D eigenvalue weighted by molar-refractivity contribution is -0.133. The van der Waals surface area contributed by atoms with Crippen LogP contribution in [-0.2, 0) is 22.4 Å². The van der Waals surface area contributed by atoms with Crippen molar-refractivity contribution in [2.24, 2.45) is 0 Å². The predicted octanol–water partition coefficient (Wildman–Crippen LogP) is 3.49. The van der Waals surface area contributed by atoms with Gasteiger partial charge in [0, 0.05) is 38.0 Å². The average molecular weight is 439 g/mol. The Balaban J connectivity index is 1.56. The van der Waals surface area contributed by atoms with E-state index in [4.69, 9.17) is 19.4 Å². The summed E-state index contributed by atoms with van der Waals surface area (Å²) in [4.78, 5) is 27.0. The van der Waals surface area contributed by atoms with Crippen molar-refractivity contribution >= 4 is 11.7 Å². The molecule has 0 N–H and O–H groups in total. The summed E-state index contributed by atoms with van der Waals surface area (Å²) in [6, 6.07) is 8.16. The van der Waals surface area contributed by atoms with Crippen LogP contribution in [0.4, 0.5) is 5.82 Å². The Kier molecular flexibility index (Phi) is 7.25. The number of aromatic nitrogens is 2. The fourth-order valence-electron chi connectivity index (χ4n) is 4.91. The number of ether oxygens (including phenoxy) is 2. The molecule has 2 aliphatic rings. The molecule has 1 fully saturated rings. The van der Waals surface area contributed by atoms with Gasteiger partial charge in [0.15, 0.2) is 5.82 Å². The zero-order valence-corrected chi connectivity index (χ0v) is 19.5. The van der Waals surface area contributed by atoms with Gasteiger partial charge < -0.3 is 19.3 Å². The second-order valence-electron chi connectivity index (χ2n) is 8.61. The van der Waals surface area contributed by atoms with Crippen LogP contribution in [0.1, 0.15) is 54.4 Å². The maximum absolute atomic E-state index is 12.7. The van der Waals surface area contributed by atoms with E-state index in [0.29, 0.717) is 13.0 Å². The second-order valence-corrected chi connectivity index (χ2v) is 8.61.